The molecular weight excluding hydrogens is 280 g/mol. The highest BCUT2D eigenvalue weighted by molar-refractivity contribution is 8.00. The summed E-state index contributed by atoms with van der Waals surface area (Å²) in [6.07, 6.45) is 0. The Kier molecular flexibility index (Phi) is 5.84. The second-order valence-corrected chi connectivity index (χ2v) is 5.88. The molecule has 0 aliphatic carbocycles. The van der Waals surface area contributed by atoms with Crippen LogP contribution in [0.25, 0.3) is 0 Å². The lowest BCUT2D eigenvalue weighted by Crippen LogP contribution is -2.14. The highest BCUT2D eigenvalue weighted by Gasteiger charge is 2.05. The van der Waals surface area contributed by atoms with E-state index in [4.69, 9.17) is 0 Å². The Labute approximate surface area is 130 Å². The van der Waals surface area contributed by atoms with Crippen LogP contribution in [-0.4, -0.2) is 18.7 Å². The van der Waals surface area contributed by atoms with E-state index in [1.165, 1.54) is 5.56 Å². The minimum atomic E-state index is 0.0216. The van der Waals surface area contributed by atoms with Gasteiger partial charge in [-0.3, -0.25) is 4.79 Å². The average Bonchev–Trinajstić information content (AvgIpc) is 2.48. The number of carbonyl (C=O) groups excluding carboxylic acids is 1. The van der Waals surface area contributed by atoms with Crippen LogP contribution >= 0.6 is 11.8 Å². The van der Waals surface area contributed by atoms with Crippen LogP contribution in [0.3, 0.4) is 0 Å². The Bertz CT molecular complexity index is 613. The summed E-state index contributed by atoms with van der Waals surface area (Å²) >= 11 is 1.55. The summed E-state index contributed by atoms with van der Waals surface area (Å²) in [4.78, 5) is 13.1. The van der Waals surface area contributed by atoms with E-state index in [-0.39, 0.29) is 5.91 Å². The van der Waals surface area contributed by atoms with Crippen molar-refractivity contribution in [3.8, 4) is 0 Å². The maximum atomic E-state index is 12.0. The highest BCUT2D eigenvalue weighted by atomic mass is 32.2. The molecule has 3 nitrogen and oxygen atoms in total. The fourth-order valence-electron chi connectivity index (χ4n) is 2.00. The summed E-state index contributed by atoms with van der Waals surface area (Å²) in [5.74, 6) is 0.436. The zero-order valence-electron chi connectivity index (χ0n) is 12.3. The van der Waals surface area contributed by atoms with E-state index < -0.39 is 0 Å². The van der Waals surface area contributed by atoms with Crippen molar-refractivity contribution in [3.05, 3.63) is 59.7 Å². The predicted octanol–water partition coefficient (Wildman–Crippen LogP) is 3.45. The molecule has 0 saturated heterocycles. The van der Waals surface area contributed by atoms with Crippen LogP contribution in [0.5, 0.6) is 0 Å². The first-order chi connectivity index (χ1) is 10.2. The second kappa shape index (κ2) is 7.86. The van der Waals surface area contributed by atoms with E-state index in [0.717, 1.165) is 22.7 Å². The molecule has 0 aliphatic heterocycles. The van der Waals surface area contributed by atoms with Gasteiger partial charge in [-0.05, 0) is 43.3 Å². The van der Waals surface area contributed by atoms with E-state index in [1.54, 1.807) is 11.8 Å². The predicted molar refractivity (Wildman–Crippen MR) is 89.7 cm³/mol. The fraction of sp³-hybridized carbons (Fsp3) is 0.235. The first-order valence-electron chi connectivity index (χ1n) is 6.91. The molecular formula is C17H20N2OS. The number of aryl methyl sites for hydroxylation is 1. The minimum Gasteiger partial charge on any atom is -0.325 e. The van der Waals surface area contributed by atoms with Gasteiger partial charge in [0.15, 0.2) is 0 Å². The summed E-state index contributed by atoms with van der Waals surface area (Å²) in [7, 11) is 1.93. The number of rotatable bonds is 6. The Morgan fingerprint density at radius 1 is 1.14 bits per heavy atom. The van der Waals surface area contributed by atoms with Gasteiger partial charge in [-0.25, -0.2) is 0 Å². The van der Waals surface area contributed by atoms with Crippen LogP contribution < -0.4 is 10.6 Å². The number of carbonyl (C=O) groups is 1. The Balaban J connectivity index is 1.89. The summed E-state index contributed by atoms with van der Waals surface area (Å²) in [5, 5.41) is 6.07. The monoisotopic (exact) mass is 300 g/mol. The molecule has 0 bridgehead atoms. The van der Waals surface area contributed by atoms with Gasteiger partial charge in [-0.15, -0.1) is 11.8 Å². The van der Waals surface area contributed by atoms with Crippen LogP contribution in [0.2, 0.25) is 0 Å². The van der Waals surface area contributed by atoms with E-state index in [1.807, 2.05) is 50.4 Å². The summed E-state index contributed by atoms with van der Waals surface area (Å²) in [6.45, 7) is 2.83. The molecule has 110 valence electrons. The third-order valence-corrected chi connectivity index (χ3v) is 4.06. The Morgan fingerprint density at radius 2 is 1.95 bits per heavy atom. The van der Waals surface area contributed by atoms with Gasteiger partial charge in [-0.2, -0.15) is 0 Å². The first kappa shape index (κ1) is 15.6. The van der Waals surface area contributed by atoms with E-state index in [9.17, 15) is 4.79 Å². The SMILES string of the molecule is CNCc1cccc(SCC(=O)Nc2ccccc2C)c1. The summed E-state index contributed by atoms with van der Waals surface area (Å²) in [5.41, 5.74) is 3.18. The van der Waals surface area contributed by atoms with Crippen LogP contribution in [0.4, 0.5) is 5.69 Å². The van der Waals surface area contributed by atoms with Gasteiger partial charge in [0.1, 0.15) is 0 Å². The number of nitrogens with one attached hydrogen (secondary N) is 2. The van der Waals surface area contributed by atoms with Gasteiger partial charge >= 0.3 is 0 Å². The molecule has 2 rings (SSSR count). The molecule has 0 saturated carbocycles. The molecule has 0 spiro atoms. The highest BCUT2D eigenvalue weighted by Crippen LogP contribution is 2.20. The standard InChI is InChI=1S/C17H20N2OS/c1-13-6-3-4-9-16(13)19-17(20)12-21-15-8-5-7-14(10-15)11-18-2/h3-10,18H,11-12H2,1-2H3,(H,19,20). The van der Waals surface area contributed by atoms with Crippen molar-refractivity contribution < 1.29 is 4.79 Å². The second-order valence-electron chi connectivity index (χ2n) is 4.83. The number of benzene rings is 2. The number of amides is 1. The maximum Gasteiger partial charge on any atom is 0.234 e. The van der Waals surface area contributed by atoms with Gasteiger partial charge in [-0.1, -0.05) is 30.3 Å². The zero-order valence-corrected chi connectivity index (χ0v) is 13.2. The van der Waals surface area contributed by atoms with E-state index in [0.29, 0.717) is 5.75 Å². The van der Waals surface area contributed by atoms with Crippen molar-refractivity contribution >= 4 is 23.4 Å². The first-order valence-corrected chi connectivity index (χ1v) is 7.89. The Hall–Kier alpha value is -1.78. The summed E-state index contributed by atoms with van der Waals surface area (Å²) in [6, 6.07) is 16.1. The van der Waals surface area contributed by atoms with Crippen LogP contribution in [0.15, 0.2) is 53.4 Å². The molecule has 21 heavy (non-hydrogen) atoms. The molecule has 2 N–H and O–H groups in total. The number of thioether (sulfide) groups is 1. The van der Waals surface area contributed by atoms with Crippen molar-refractivity contribution in [2.75, 3.05) is 18.1 Å². The molecule has 0 atom stereocenters. The van der Waals surface area contributed by atoms with Crippen LogP contribution in [-0.2, 0) is 11.3 Å². The van der Waals surface area contributed by atoms with Gasteiger partial charge in [0.25, 0.3) is 0 Å². The van der Waals surface area contributed by atoms with Gasteiger partial charge < -0.3 is 10.6 Å². The topological polar surface area (TPSA) is 41.1 Å². The molecule has 0 heterocycles. The lowest BCUT2D eigenvalue weighted by molar-refractivity contribution is -0.113. The third kappa shape index (κ3) is 4.92. The molecule has 2 aromatic carbocycles. The quantitative estimate of drug-likeness (QED) is 0.803. The minimum absolute atomic E-state index is 0.0216. The van der Waals surface area contributed by atoms with Crippen molar-refractivity contribution in [3.63, 3.8) is 0 Å². The van der Waals surface area contributed by atoms with Crippen LogP contribution in [0, 0.1) is 6.92 Å². The molecule has 2 aromatic rings. The largest absolute Gasteiger partial charge is 0.325 e. The zero-order chi connectivity index (χ0) is 15.1. The average molecular weight is 300 g/mol. The van der Waals surface area contributed by atoms with E-state index >= 15 is 0 Å². The molecule has 4 heteroatoms. The molecule has 0 unspecified atom stereocenters. The van der Waals surface area contributed by atoms with Gasteiger partial charge in [0, 0.05) is 17.1 Å². The van der Waals surface area contributed by atoms with Crippen molar-refractivity contribution in [1.29, 1.82) is 0 Å². The number of para-hydroxylation sites is 1. The van der Waals surface area contributed by atoms with Crippen molar-refractivity contribution in [2.24, 2.45) is 0 Å². The fourth-order valence-corrected chi connectivity index (χ4v) is 2.78. The van der Waals surface area contributed by atoms with E-state index in [2.05, 4.69) is 22.8 Å². The number of anilines is 1. The van der Waals surface area contributed by atoms with Crippen molar-refractivity contribution in [1.82, 2.24) is 5.32 Å². The Morgan fingerprint density at radius 3 is 2.71 bits per heavy atom. The normalized spacial score (nSPS) is 10.4. The molecule has 0 fully saturated rings. The number of hydrogen-bond acceptors (Lipinski definition) is 3. The third-order valence-electron chi connectivity index (χ3n) is 3.07. The molecule has 1 amide bonds. The molecule has 0 radical (unpaired) electrons. The van der Waals surface area contributed by atoms with Crippen LogP contribution in [0.1, 0.15) is 11.1 Å². The van der Waals surface area contributed by atoms with Gasteiger partial charge in [0.05, 0.1) is 5.75 Å². The lowest BCUT2D eigenvalue weighted by Gasteiger charge is -2.08. The summed E-state index contributed by atoms with van der Waals surface area (Å²) < 4.78 is 0. The van der Waals surface area contributed by atoms with Gasteiger partial charge in [0.2, 0.25) is 5.91 Å². The molecule has 0 aliphatic rings. The lowest BCUT2D eigenvalue weighted by atomic mass is 10.2. The molecule has 0 aromatic heterocycles. The van der Waals surface area contributed by atoms with Crippen molar-refractivity contribution in [2.45, 2.75) is 18.4 Å². The maximum absolute atomic E-state index is 12.0. The number of hydrogen-bond donors (Lipinski definition) is 2. The smallest absolute Gasteiger partial charge is 0.234 e.